The molecular formula is C20H21N3O. The van der Waals surface area contributed by atoms with Crippen LogP contribution in [0.3, 0.4) is 0 Å². The Hall–Kier alpha value is -2.54. The predicted octanol–water partition coefficient (Wildman–Crippen LogP) is 4.27. The van der Waals surface area contributed by atoms with Gasteiger partial charge in [-0.15, -0.1) is 0 Å². The van der Waals surface area contributed by atoms with Crippen molar-refractivity contribution in [3.05, 3.63) is 53.1 Å². The van der Waals surface area contributed by atoms with Gasteiger partial charge in [0, 0.05) is 22.6 Å². The molecule has 0 saturated carbocycles. The van der Waals surface area contributed by atoms with Gasteiger partial charge in [0.1, 0.15) is 11.6 Å². The van der Waals surface area contributed by atoms with Gasteiger partial charge in [-0.1, -0.05) is 44.2 Å². The summed E-state index contributed by atoms with van der Waals surface area (Å²) in [6.45, 7) is 4.23. The summed E-state index contributed by atoms with van der Waals surface area (Å²) in [7, 11) is 0. The number of benzene rings is 1. The van der Waals surface area contributed by atoms with Crippen molar-refractivity contribution in [2.45, 2.75) is 38.5 Å². The van der Waals surface area contributed by atoms with Gasteiger partial charge in [-0.25, -0.2) is 4.98 Å². The summed E-state index contributed by atoms with van der Waals surface area (Å²) in [6.07, 6.45) is 2.51. The molecule has 0 radical (unpaired) electrons. The minimum atomic E-state index is -0.201. The molecule has 2 aliphatic rings. The summed E-state index contributed by atoms with van der Waals surface area (Å²) in [6, 6.07) is 12.3. The Labute approximate surface area is 141 Å². The Morgan fingerprint density at radius 3 is 2.79 bits per heavy atom. The van der Waals surface area contributed by atoms with Crippen molar-refractivity contribution in [2.75, 3.05) is 0 Å². The molecule has 1 aromatic carbocycles. The molecule has 0 aliphatic heterocycles. The van der Waals surface area contributed by atoms with Gasteiger partial charge in [-0.3, -0.25) is 0 Å². The van der Waals surface area contributed by atoms with Crippen molar-refractivity contribution in [3.8, 4) is 17.5 Å². The highest BCUT2D eigenvalue weighted by Crippen LogP contribution is 2.52. The van der Waals surface area contributed by atoms with Crippen LogP contribution in [0.4, 0.5) is 0 Å². The standard InChI is InChI=1S/C20H21N3O/c1-12-15-8-9-16-18(20(15,2)10-14(11-21)17(12)24)23-19(22-16)13-6-4-3-5-7-13/h3-7,12,15,24H,8-10H2,1-2H3,(H,22,23)/t12-,15-,20-/m0/s1. The van der Waals surface area contributed by atoms with Crippen LogP contribution in [-0.4, -0.2) is 15.1 Å². The van der Waals surface area contributed by atoms with Crippen LogP contribution in [0.5, 0.6) is 0 Å². The van der Waals surface area contributed by atoms with Crippen molar-refractivity contribution in [3.63, 3.8) is 0 Å². The number of allylic oxidation sites excluding steroid dienone is 2. The Kier molecular flexibility index (Phi) is 3.28. The van der Waals surface area contributed by atoms with Gasteiger partial charge in [-0.05, 0) is 25.2 Å². The second-order valence-electron chi connectivity index (χ2n) is 7.28. The molecule has 3 atom stereocenters. The first-order valence-corrected chi connectivity index (χ1v) is 8.51. The van der Waals surface area contributed by atoms with Gasteiger partial charge >= 0.3 is 0 Å². The molecule has 0 fully saturated rings. The van der Waals surface area contributed by atoms with E-state index in [1.54, 1.807) is 0 Å². The summed E-state index contributed by atoms with van der Waals surface area (Å²) in [5.41, 5.74) is 3.64. The molecule has 2 aliphatic carbocycles. The van der Waals surface area contributed by atoms with Crippen LogP contribution < -0.4 is 0 Å². The van der Waals surface area contributed by atoms with Gasteiger partial charge in [0.25, 0.3) is 0 Å². The highest BCUT2D eigenvalue weighted by molar-refractivity contribution is 5.57. The zero-order valence-electron chi connectivity index (χ0n) is 14.0. The molecule has 1 aromatic heterocycles. The van der Waals surface area contributed by atoms with E-state index in [-0.39, 0.29) is 17.1 Å². The lowest BCUT2D eigenvalue weighted by molar-refractivity contribution is 0.136. The average molecular weight is 319 g/mol. The van der Waals surface area contributed by atoms with Gasteiger partial charge in [-0.2, -0.15) is 5.26 Å². The molecule has 4 rings (SSSR count). The SMILES string of the molecule is C[C@@H]1C(O)=C(C#N)C[C@]2(C)c3nc(-c4ccccc4)[nH]c3CC[C@@H]12. The molecule has 0 spiro atoms. The van der Waals surface area contributed by atoms with Crippen molar-refractivity contribution in [2.24, 2.45) is 11.8 Å². The van der Waals surface area contributed by atoms with Crippen molar-refractivity contribution in [1.29, 1.82) is 5.26 Å². The molecule has 2 aromatic rings. The molecule has 4 heteroatoms. The van der Waals surface area contributed by atoms with Crippen LogP contribution in [0.2, 0.25) is 0 Å². The van der Waals surface area contributed by atoms with Gasteiger partial charge in [0.05, 0.1) is 17.3 Å². The van der Waals surface area contributed by atoms with E-state index in [1.165, 1.54) is 5.69 Å². The molecule has 2 N–H and O–H groups in total. The Morgan fingerprint density at radius 2 is 2.08 bits per heavy atom. The van der Waals surface area contributed by atoms with Gasteiger partial charge in [0.15, 0.2) is 0 Å². The van der Waals surface area contributed by atoms with E-state index in [2.05, 4.69) is 30.1 Å². The second kappa shape index (κ2) is 5.24. The van der Waals surface area contributed by atoms with Crippen LogP contribution in [-0.2, 0) is 11.8 Å². The number of fused-ring (bicyclic) bond motifs is 3. The number of nitriles is 1. The predicted molar refractivity (Wildman–Crippen MR) is 92.2 cm³/mol. The lowest BCUT2D eigenvalue weighted by atomic mass is 9.57. The molecule has 0 unspecified atom stereocenters. The second-order valence-corrected chi connectivity index (χ2v) is 7.28. The third kappa shape index (κ3) is 2.01. The van der Waals surface area contributed by atoms with E-state index >= 15 is 0 Å². The highest BCUT2D eigenvalue weighted by Gasteiger charge is 2.50. The van der Waals surface area contributed by atoms with Crippen molar-refractivity contribution in [1.82, 2.24) is 9.97 Å². The maximum atomic E-state index is 10.4. The number of imidazole rings is 1. The van der Waals surface area contributed by atoms with Gasteiger partial charge < -0.3 is 10.1 Å². The molecule has 0 bridgehead atoms. The Bertz CT molecular complexity index is 859. The third-order valence-corrected chi connectivity index (χ3v) is 5.91. The number of aliphatic hydroxyl groups is 1. The minimum Gasteiger partial charge on any atom is -0.511 e. The lowest BCUT2D eigenvalue weighted by Gasteiger charge is -2.46. The first kappa shape index (κ1) is 15.0. The van der Waals surface area contributed by atoms with E-state index in [1.807, 2.05) is 25.1 Å². The van der Waals surface area contributed by atoms with Crippen LogP contribution in [0, 0.1) is 23.2 Å². The number of nitrogens with one attached hydrogen (secondary N) is 1. The van der Waals surface area contributed by atoms with Gasteiger partial charge in [0.2, 0.25) is 0 Å². The normalized spacial score (nSPS) is 28.9. The molecule has 24 heavy (non-hydrogen) atoms. The number of H-pyrrole nitrogens is 1. The summed E-state index contributed by atoms with van der Waals surface area (Å²) >= 11 is 0. The molecule has 0 amide bonds. The topological polar surface area (TPSA) is 72.7 Å². The quantitative estimate of drug-likeness (QED) is 0.824. The largest absolute Gasteiger partial charge is 0.511 e. The number of rotatable bonds is 1. The monoisotopic (exact) mass is 319 g/mol. The summed E-state index contributed by atoms with van der Waals surface area (Å²) in [5, 5.41) is 19.8. The summed E-state index contributed by atoms with van der Waals surface area (Å²) < 4.78 is 0. The fourth-order valence-corrected chi connectivity index (χ4v) is 4.63. The van der Waals surface area contributed by atoms with E-state index in [4.69, 9.17) is 4.98 Å². The molecule has 1 heterocycles. The number of hydrogen-bond acceptors (Lipinski definition) is 3. The Morgan fingerprint density at radius 1 is 1.33 bits per heavy atom. The van der Waals surface area contributed by atoms with Crippen LogP contribution >= 0.6 is 0 Å². The van der Waals surface area contributed by atoms with E-state index in [0.29, 0.717) is 17.9 Å². The lowest BCUT2D eigenvalue weighted by Crippen LogP contribution is -2.44. The average Bonchev–Trinajstić information content (AvgIpc) is 3.05. The minimum absolute atomic E-state index is 0.00317. The first-order valence-electron chi connectivity index (χ1n) is 8.51. The molecular weight excluding hydrogens is 298 g/mol. The summed E-state index contributed by atoms with van der Waals surface area (Å²) in [4.78, 5) is 8.43. The highest BCUT2D eigenvalue weighted by atomic mass is 16.3. The van der Waals surface area contributed by atoms with Crippen LogP contribution in [0.25, 0.3) is 11.4 Å². The maximum Gasteiger partial charge on any atom is 0.137 e. The number of nitrogens with zero attached hydrogens (tertiary/aromatic N) is 2. The number of aromatic amines is 1. The smallest absolute Gasteiger partial charge is 0.137 e. The number of aromatic nitrogens is 2. The van der Waals surface area contributed by atoms with E-state index < -0.39 is 0 Å². The fraction of sp³-hybridized carbons (Fsp3) is 0.400. The maximum absolute atomic E-state index is 10.4. The van der Waals surface area contributed by atoms with Crippen molar-refractivity contribution < 1.29 is 5.11 Å². The third-order valence-electron chi connectivity index (χ3n) is 5.91. The van der Waals surface area contributed by atoms with Crippen LogP contribution in [0.15, 0.2) is 41.7 Å². The molecule has 0 saturated heterocycles. The van der Waals surface area contributed by atoms with Crippen LogP contribution in [0.1, 0.15) is 38.1 Å². The van der Waals surface area contributed by atoms with E-state index in [9.17, 15) is 10.4 Å². The van der Waals surface area contributed by atoms with Crippen molar-refractivity contribution >= 4 is 0 Å². The number of hydrogen-bond donors (Lipinski definition) is 2. The summed E-state index contributed by atoms with van der Waals surface area (Å²) in [5.74, 6) is 1.49. The van der Waals surface area contributed by atoms with E-state index in [0.717, 1.165) is 29.9 Å². The molecule has 4 nitrogen and oxygen atoms in total. The Balaban J connectivity index is 1.83. The zero-order chi connectivity index (χ0) is 16.9. The number of aliphatic hydroxyl groups excluding tert-OH is 1. The number of aryl methyl sites for hydroxylation is 1. The fourth-order valence-electron chi connectivity index (χ4n) is 4.63. The zero-order valence-corrected chi connectivity index (χ0v) is 14.0. The molecule has 122 valence electrons. The first-order chi connectivity index (χ1) is 11.5.